The summed E-state index contributed by atoms with van der Waals surface area (Å²) >= 11 is 0. The van der Waals surface area contributed by atoms with Gasteiger partial charge in [-0.1, -0.05) is 0 Å². The van der Waals surface area contributed by atoms with Gasteiger partial charge in [0.15, 0.2) is 0 Å². The summed E-state index contributed by atoms with van der Waals surface area (Å²) in [6.07, 6.45) is 11.0. The van der Waals surface area contributed by atoms with E-state index in [0.717, 1.165) is 19.0 Å². The van der Waals surface area contributed by atoms with Crippen LogP contribution in [-0.2, 0) is 13.1 Å². The molecule has 1 saturated carbocycles. The quantitative estimate of drug-likeness (QED) is 0.844. The second-order valence-corrected chi connectivity index (χ2v) is 5.06. The zero-order valence-electron chi connectivity index (χ0n) is 10.8. The first-order chi connectivity index (χ1) is 8.86. The maximum atomic E-state index is 4.22. The number of hydrogen-bond acceptors (Lipinski definition) is 2. The lowest BCUT2D eigenvalue weighted by Crippen LogP contribution is -2.17. The van der Waals surface area contributed by atoms with Crippen LogP contribution in [0.25, 0.3) is 0 Å². The van der Waals surface area contributed by atoms with E-state index < -0.39 is 0 Å². The summed E-state index contributed by atoms with van der Waals surface area (Å²) in [4.78, 5) is 0. The van der Waals surface area contributed by atoms with Crippen LogP contribution in [0.15, 0.2) is 36.9 Å². The van der Waals surface area contributed by atoms with Crippen LogP contribution in [0.3, 0.4) is 0 Å². The molecule has 1 aliphatic carbocycles. The normalized spacial score (nSPS) is 16.9. The summed E-state index contributed by atoms with van der Waals surface area (Å²) in [7, 11) is 2.06. The number of aryl methyl sites for hydroxylation is 2. The van der Waals surface area contributed by atoms with Crippen molar-refractivity contribution in [2.24, 2.45) is 5.92 Å². The third kappa shape index (κ3) is 2.48. The van der Waals surface area contributed by atoms with Gasteiger partial charge in [-0.15, -0.1) is 0 Å². The lowest BCUT2D eigenvalue weighted by atomic mass is 10.1. The van der Waals surface area contributed by atoms with Crippen molar-refractivity contribution in [3.63, 3.8) is 0 Å². The molecule has 0 aliphatic heterocycles. The minimum absolute atomic E-state index is 0.538. The van der Waals surface area contributed by atoms with E-state index in [1.807, 2.05) is 23.1 Å². The van der Waals surface area contributed by atoms with Gasteiger partial charge in [-0.05, 0) is 43.5 Å². The molecule has 1 unspecified atom stereocenters. The van der Waals surface area contributed by atoms with Gasteiger partial charge in [0.1, 0.15) is 0 Å². The Morgan fingerprint density at radius 1 is 1.39 bits per heavy atom. The van der Waals surface area contributed by atoms with E-state index in [4.69, 9.17) is 0 Å². The SMILES string of the molecule is CNC(c1ccn(CCn2cccn2)c1)C1CC1. The van der Waals surface area contributed by atoms with Crippen molar-refractivity contribution in [3.05, 3.63) is 42.5 Å². The smallest absolute Gasteiger partial charge is 0.0588 e. The molecule has 3 rings (SSSR count). The zero-order chi connectivity index (χ0) is 12.4. The Morgan fingerprint density at radius 3 is 2.94 bits per heavy atom. The lowest BCUT2D eigenvalue weighted by Gasteiger charge is -2.13. The van der Waals surface area contributed by atoms with Gasteiger partial charge in [-0.25, -0.2) is 0 Å². The first-order valence-electron chi connectivity index (χ1n) is 6.67. The van der Waals surface area contributed by atoms with Crippen molar-refractivity contribution in [1.82, 2.24) is 19.7 Å². The fourth-order valence-corrected chi connectivity index (χ4v) is 2.54. The number of hydrogen-bond donors (Lipinski definition) is 1. The molecule has 96 valence electrons. The van der Waals surface area contributed by atoms with E-state index in [2.05, 4.69) is 40.5 Å². The largest absolute Gasteiger partial charge is 0.352 e. The highest BCUT2D eigenvalue weighted by molar-refractivity contribution is 5.18. The maximum Gasteiger partial charge on any atom is 0.0588 e. The Balaban J connectivity index is 1.62. The fourth-order valence-electron chi connectivity index (χ4n) is 2.54. The summed E-state index contributed by atoms with van der Waals surface area (Å²) in [5.41, 5.74) is 1.42. The van der Waals surface area contributed by atoms with Crippen LogP contribution in [0.4, 0.5) is 0 Å². The Bertz CT molecular complexity index is 482. The maximum absolute atomic E-state index is 4.22. The van der Waals surface area contributed by atoms with Crippen molar-refractivity contribution < 1.29 is 0 Å². The molecule has 0 saturated heterocycles. The second-order valence-electron chi connectivity index (χ2n) is 5.06. The Hall–Kier alpha value is -1.55. The highest BCUT2D eigenvalue weighted by atomic mass is 15.3. The van der Waals surface area contributed by atoms with Gasteiger partial charge < -0.3 is 9.88 Å². The average Bonchev–Trinajstić information content (AvgIpc) is 2.92. The van der Waals surface area contributed by atoms with Crippen LogP contribution in [-0.4, -0.2) is 21.4 Å². The van der Waals surface area contributed by atoms with Crippen molar-refractivity contribution in [2.45, 2.75) is 32.0 Å². The minimum atomic E-state index is 0.538. The standard InChI is InChI=1S/C14H20N4/c1-15-14(12-3-4-12)13-5-8-17(11-13)9-10-18-7-2-6-16-18/h2,5-8,11-12,14-15H,3-4,9-10H2,1H3. The van der Waals surface area contributed by atoms with Crippen LogP contribution in [0.5, 0.6) is 0 Å². The van der Waals surface area contributed by atoms with Gasteiger partial charge in [0.25, 0.3) is 0 Å². The van der Waals surface area contributed by atoms with Gasteiger partial charge in [0.05, 0.1) is 6.54 Å². The fraction of sp³-hybridized carbons (Fsp3) is 0.500. The monoisotopic (exact) mass is 244 g/mol. The minimum Gasteiger partial charge on any atom is -0.352 e. The molecule has 2 aromatic rings. The zero-order valence-corrected chi connectivity index (χ0v) is 10.8. The number of aromatic nitrogens is 3. The first kappa shape index (κ1) is 11.5. The number of nitrogens with one attached hydrogen (secondary N) is 1. The van der Waals surface area contributed by atoms with Crippen LogP contribution < -0.4 is 5.32 Å². The van der Waals surface area contributed by atoms with Crippen molar-refractivity contribution in [3.8, 4) is 0 Å². The third-order valence-corrected chi connectivity index (χ3v) is 3.68. The van der Waals surface area contributed by atoms with Gasteiger partial charge in [-0.3, -0.25) is 4.68 Å². The molecule has 1 N–H and O–H groups in total. The molecule has 4 nitrogen and oxygen atoms in total. The first-order valence-corrected chi connectivity index (χ1v) is 6.67. The van der Waals surface area contributed by atoms with Crippen molar-refractivity contribution >= 4 is 0 Å². The number of rotatable bonds is 6. The molecule has 1 fully saturated rings. The van der Waals surface area contributed by atoms with Gasteiger partial charge in [-0.2, -0.15) is 5.10 Å². The summed E-state index contributed by atoms with van der Waals surface area (Å²) in [5, 5.41) is 7.65. The number of nitrogens with zero attached hydrogens (tertiary/aromatic N) is 3. The summed E-state index contributed by atoms with van der Waals surface area (Å²) < 4.78 is 4.22. The average molecular weight is 244 g/mol. The molecular weight excluding hydrogens is 224 g/mol. The molecule has 1 aliphatic rings. The molecule has 2 aromatic heterocycles. The molecule has 0 radical (unpaired) electrons. The lowest BCUT2D eigenvalue weighted by molar-refractivity contribution is 0.517. The molecule has 4 heteroatoms. The molecule has 0 aromatic carbocycles. The molecular formula is C14H20N4. The summed E-state index contributed by atoms with van der Waals surface area (Å²) in [6.45, 7) is 1.90. The molecule has 2 heterocycles. The van der Waals surface area contributed by atoms with Gasteiger partial charge >= 0.3 is 0 Å². The van der Waals surface area contributed by atoms with Gasteiger partial charge in [0.2, 0.25) is 0 Å². The van der Waals surface area contributed by atoms with Crippen molar-refractivity contribution in [1.29, 1.82) is 0 Å². The van der Waals surface area contributed by atoms with Gasteiger partial charge in [0, 0.05) is 37.4 Å². The van der Waals surface area contributed by atoms with Crippen LogP contribution in [0.1, 0.15) is 24.4 Å². The van der Waals surface area contributed by atoms with E-state index in [0.29, 0.717) is 6.04 Å². The highest BCUT2D eigenvalue weighted by Gasteiger charge is 2.31. The van der Waals surface area contributed by atoms with Crippen LogP contribution >= 0.6 is 0 Å². The Labute approximate surface area is 108 Å². The van der Waals surface area contributed by atoms with E-state index >= 15 is 0 Å². The van der Waals surface area contributed by atoms with Crippen LogP contribution in [0, 0.1) is 5.92 Å². The molecule has 18 heavy (non-hydrogen) atoms. The topological polar surface area (TPSA) is 34.8 Å². The molecule has 0 spiro atoms. The third-order valence-electron chi connectivity index (χ3n) is 3.68. The molecule has 0 bridgehead atoms. The van der Waals surface area contributed by atoms with E-state index in [1.54, 1.807) is 0 Å². The van der Waals surface area contributed by atoms with E-state index in [9.17, 15) is 0 Å². The molecule has 1 atom stereocenters. The Morgan fingerprint density at radius 2 is 2.28 bits per heavy atom. The van der Waals surface area contributed by atoms with Crippen molar-refractivity contribution in [2.75, 3.05) is 7.05 Å². The van der Waals surface area contributed by atoms with Crippen LogP contribution in [0.2, 0.25) is 0 Å². The molecule has 0 amide bonds. The predicted molar refractivity (Wildman–Crippen MR) is 71.2 cm³/mol. The second kappa shape index (κ2) is 4.98. The van der Waals surface area contributed by atoms with E-state index in [1.165, 1.54) is 18.4 Å². The highest BCUT2D eigenvalue weighted by Crippen LogP contribution is 2.40. The Kier molecular flexibility index (Phi) is 3.19. The summed E-state index contributed by atoms with van der Waals surface area (Å²) in [6, 6.07) is 4.74. The summed E-state index contributed by atoms with van der Waals surface area (Å²) in [5.74, 6) is 0.844. The predicted octanol–water partition coefficient (Wildman–Crippen LogP) is 2.06. The van der Waals surface area contributed by atoms with E-state index in [-0.39, 0.29) is 0 Å².